The van der Waals surface area contributed by atoms with E-state index in [1.807, 2.05) is 6.07 Å². The van der Waals surface area contributed by atoms with Gasteiger partial charge in [0.15, 0.2) is 9.84 Å². The maximum Gasteiger partial charge on any atom is 0.254 e. The van der Waals surface area contributed by atoms with Crippen LogP contribution in [0.1, 0.15) is 48.0 Å². The zero-order valence-corrected chi connectivity index (χ0v) is 13.8. The van der Waals surface area contributed by atoms with Crippen molar-refractivity contribution in [1.82, 2.24) is 4.90 Å². The molecule has 0 spiro atoms. The topological polar surface area (TPSA) is 78.2 Å². The van der Waals surface area contributed by atoms with Gasteiger partial charge in [-0.3, -0.25) is 4.79 Å². The molecule has 2 aliphatic rings. The zero-order valence-electron chi connectivity index (χ0n) is 12.9. The Hall–Kier alpha value is -1.87. The molecule has 1 saturated heterocycles. The van der Waals surface area contributed by atoms with Crippen molar-refractivity contribution in [3.8, 4) is 6.07 Å². The summed E-state index contributed by atoms with van der Waals surface area (Å²) in [7, 11) is -3.04. The first-order chi connectivity index (χ1) is 11.0. The molecule has 1 aromatic rings. The number of hydrogen-bond acceptors (Lipinski definition) is 4. The first-order valence-corrected chi connectivity index (χ1v) is 9.85. The lowest BCUT2D eigenvalue weighted by Gasteiger charge is -2.34. The van der Waals surface area contributed by atoms with Crippen LogP contribution in [0.2, 0.25) is 0 Å². The Kier molecular flexibility index (Phi) is 4.40. The van der Waals surface area contributed by atoms with E-state index in [1.54, 1.807) is 29.2 Å². The summed E-state index contributed by atoms with van der Waals surface area (Å²) >= 11 is 0. The van der Waals surface area contributed by atoms with Crippen molar-refractivity contribution in [3.63, 3.8) is 0 Å². The number of sulfone groups is 1. The second-order valence-corrected chi connectivity index (χ2v) is 8.63. The number of nitrogens with zero attached hydrogens (tertiary/aromatic N) is 2. The van der Waals surface area contributed by atoms with Crippen LogP contribution in [0.25, 0.3) is 0 Å². The number of benzene rings is 1. The monoisotopic (exact) mass is 332 g/mol. The van der Waals surface area contributed by atoms with E-state index in [0.29, 0.717) is 17.5 Å². The molecule has 2 fully saturated rings. The van der Waals surface area contributed by atoms with Gasteiger partial charge in [0.1, 0.15) is 0 Å². The van der Waals surface area contributed by atoms with Crippen LogP contribution >= 0.6 is 0 Å². The summed E-state index contributed by atoms with van der Waals surface area (Å²) in [6, 6.07) is 8.58. The van der Waals surface area contributed by atoms with Crippen LogP contribution in [0.15, 0.2) is 24.3 Å². The minimum Gasteiger partial charge on any atom is -0.332 e. The lowest BCUT2D eigenvalue weighted by molar-refractivity contribution is 0.0601. The molecule has 1 heterocycles. The summed E-state index contributed by atoms with van der Waals surface area (Å²) in [5.74, 6) is 0.0793. The van der Waals surface area contributed by atoms with E-state index in [9.17, 15) is 13.2 Å². The van der Waals surface area contributed by atoms with Crippen LogP contribution in [0.4, 0.5) is 0 Å². The lowest BCUT2D eigenvalue weighted by Crippen LogP contribution is -2.46. The molecule has 0 unspecified atom stereocenters. The summed E-state index contributed by atoms with van der Waals surface area (Å²) in [6.07, 6.45) is 4.53. The third-order valence-electron chi connectivity index (χ3n) is 4.79. The van der Waals surface area contributed by atoms with Gasteiger partial charge in [-0.25, -0.2) is 8.42 Å². The van der Waals surface area contributed by atoms with E-state index >= 15 is 0 Å². The fourth-order valence-corrected chi connectivity index (χ4v) is 5.39. The summed E-state index contributed by atoms with van der Waals surface area (Å²) in [5.41, 5.74) is 0.918. The highest BCUT2D eigenvalue weighted by Crippen LogP contribution is 2.30. The largest absolute Gasteiger partial charge is 0.332 e. The van der Waals surface area contributed by atoms with Gasteiger partial charge in [-0.15, -0.1) is 0 Å². The first-order valence-electron chi connectivity index (χ1n) is 8.03. The molecule has 1 atom stereocenters. The molecule has 3 rings (SSSR count). The van der Waals surface area contributed by atoms with Crippen molar-refractivity contribution in [2.45, 2.75) is 44.2 Å². The van der Waals surface area contributed by atoms with Crippen molar-refractivity contribution >= 4 is 15.7 Å². The Morgan fingerprint density at radius 3 is 2.52 bits per heavy atom. The van der Waals surface area contributed by atoms with Gasteiger partial charge in [0.2, 0.25) is 0 Å². The van der Waals surface area contributed by atoms with Crippen LogP contribution in [0.5, 0.6) is 0 Å². The van der Waals surface area contributed by atoms with Crippen LogP contribution in [-0.2, 0) is 9.84 Å². The number of carbonyl (C=O) groups is 1. The fourth-order valence-electron chi connectivity index (χ4n) is 3.68. The standard InChI is InChI=1S/C17H20N2O3S/c18-11-13-4-3-5-14(10-13)17(20)19(15-6-1-2-7-15)16-8-9-23(21,22)12-16/h3-5,10,15-16H,1-2,6-9,12H2/t16-/m1/s1. The fraction of sp³-hybridized carbons (Fsp3) is 0.529. The predicted molar refractivity (Wildman–Crippen MR) is 86.6 cm³/mol. The van der Waals surface area contributed by atoms with E-state index < -0.39 is 9.84 Å². The van der Waals surface area contributed by atoms with E-state index in [4.69, 9.17) is 5.26 Å². The summed E-state index contributed by atoms with van der Waals surface area (Å²) < 4.78 is 23.7. The summed E-state index contributed by atoms with van der Waals surface area (Å²) in [5, 5.41) is 9.02. The van der Waals surface area contributed by atoms with Crippen molar-refractivity contribution in [1.29, 1.82) is 5.26 Å². The Morgan fingerprint density at radius 2 is 1.91 bits per heavy atom. The molecule has 0 aromatic heterocycles. The SMILES string of the molecule is N#Cc1cccc(C(=O)N(C2CCCC2)[C@@H]2CCS(=O)(=O)C2)c1. The molecule has 5 nitrogen and oxygen atoms in total. The Labute approximate surface area is 136 Å². The zero-order chi connectivity index (χ0) is 16.4. The van der Waals surface area contributed by atoms with E-state index in [2.05, 4.69) is 0 Å². The molecule has 0 bridgehead atoms. The van der Waals surface area contributed by atoms with Crippen LogP contribution < -0.4 is 0 Å². The normalized spacial score (nSPS) is 23.5. The Balaban J connectivity index is 1.91. The quantitative estimate of drug-likeness (QED) is 0.849. The Morgan fingerprint density at radius 1 is 1.17 bits per heavy atom. The van der Waals surface area contributed by atoms with E-state index in [1.165, 1.54) is 0 Å². The van der Waals surface area contributed by atoms with Gasteiger partial charge in [0, 0.05) is 17.6 Å². The van der Waals surface area contributed by atoms with Gasteiger partial charge in [-0.1, -0.05) is 18.9 Å². The smallest absolute Gasteiger partial charge is 0.254 e. The highest BCUT2D eigenvalue weighted by Gasteiger charge is 2.39. The second kappa shape index (κ2) is 6.32. The Bertz CT molecular complexity index is 745. The first kappa shape index (κ1) is 16.0. The van der Waals surface area contributed by atoms with Gasteiger partial charge in [0.25, 0.3) is 5.91 Å². The molecule has 122 valence electrons. The highest BCUT2D eigenvalue weighted by molar-refractivity contribution is 7.91. The third kappa shape index (κ3) is 3.40. The molecule has 1 saturated carbocycles. The van der Waals surface area contributed by atoms with Gasteiger partial charge >= 0.3 is 0 Å². The third-order valence-corrected chi connectivity index (χ3v) is 6.54. The van der Waals surface area contributed by atoms with Gasteiger partial charge in [-0.05, 0) is 37.5 Å². The molecule has 23 heavy (non-hydrogen) atoms. The molecular formula is C17H20N2O3S. The van der Waals surface area contributed by atoms with Gasteiger partial charge < -0.3 is 4.90 Å². The molecule has 1 aliphatic heterocycles. The molecule has 0 radical (unpaired) electrons. The number of nitriles is 1. The predicted octanol–water partition coefficient (Wildman–Crippen LogP) is 2.13. The molecular weight excluding hydrogens is 312 g/mol. The van der Waals surface area contributed by atoms with Crippen LogP contribution in [0, 0.1) is 11.3 Å². The summed E-state index contributed by atoms with van der Waals surface area (Å²) in [4.78, 5) is 14.8. The van der Waals surface area contributed by atoms with Gasteiger partial charge in [-0.2, -0.15) is 5.26 Å². The minimum absolute atomic E-state index is 0.0627. The average Bonchev–Trinajstić information content (AvgIpc) is 3.18. The van der Waals surface area contributed by atoms with Crippen molar-refractivity contribution in [2.75, 3.05) is 11.5 Å². The molecule has 1 aromatic carbocycles. The lowest BCUT2D eigenvalue weighted by atomic mass is 10.1. The molecule has 6 heteroatoms. The van der Waals surface area contributed by atoms with Crippen molar-refractivity contribution in [2.24, 2.45) is 0 Å². The summed E-state index contributed by atoms with van der Waals surface area (Å²) in [6.45, 7) is 0. The van der Waals surface area contributed by atoms with E-state index in [-0.39, 0.29) is 29.5 Å². The van der Waals surface area contributed by atoms with Crippen molar-refractivity contribution < 1.29 is 13.2 Å². The minimum atomic E-state index is -3.04. The second-order valence-electron chi connectivity index (χ2n) is 6.40. The number of hydrogen-bond donors (Lipinski definition) is 0. The molecule has 1 amide bonds. The number of rotatable bonds is 3. The highest BCUT2D eigenvalue weighted by atomic mass is 32.2. The number of amides is 1. The number of carbonyl (C=O) groups excluding carboxylic acids is 1. The van der Waals surface area contributed by atoms with Gasteiger partial charge in [0.05, 0.1) is 23.1 Å². The van der Waals surface area contributed by atoms with E-state index in [0.717, 1.165) is 25.7 Å². The molecule has 0 N–H and O–H groups in total. The van der Waals surface area contributed by atoms with Crippen LogP contribution in [-0.4, -0.2) is 42.8 Å². The maximum absolute atomic E-state index is 13.0. The van der Waals surface area contributed by atoms with Crippen molar-refractivity contribution in [3.05, 3.63) is 35.4 Å². The molecule has 1 aliphatic carbocycles. The average molecular weight is 332 g/mol. The van der Waals surface area contributed by atoms with Crippen LogP contribution in [0.3, 0.4) is 0 Å². The maximum atomic E-state index is 13.0.